The lowest BCUT2D eigenvalue weighted by Crippen LogP contribution is -2.54. The van der Waals surface area contributed by atoms with Crippen molar-refractivity contribution >= 4 is 32.6 Å². The van der Waals surface area contributed by atoms with E-state index in [4.69, 9.17) is 9.47 Å². The van der Waals surface area contributed by atoms with Crippen molar-refractivity contribution < 1.29 is 27.8 Å². The van der Waals surface area contributed by atoms with Crippen LogP contribution in [0, 0.1) is 5.21 Å². The molecule has 2 atom stereocenters. The number of halogens is 2. The van der Waals surface area contributed by atoms with Crippen molar-refractivity contribution in [2.45, 2.75) is 31.2 Å². The number of nitrogens with zero attached hydrogens (tertiary/aromatic N) is 3. The molecule has 0 saturated carbocycles. The lowest BCUT2D eigenvalue weighted by molar-refractivity contribution is -0.617. The number of amides is 1. The second kappa shape index (κ2) is 8.38. The fourth-order valence-corrected chi connectivity index (χ4v) is 5.07. The number of hydrogen-bond acceptors (Lipinski definition) is 7. The van der Waals surface area contributed by atoms with Gasteiger partial charge in [-0.25, -0.2) is 13.8 Å². The number of thiazole rings is 1. The molecule has 1 saturated heterocycles. The first-order chi connectivity index (χ1) is 15.8. The molecular weight excluding hydrogens is 454 g/mol. The van der Waals surface area contributed by atoms with Crippen LogP contribution < -0.4 is 19.5 Å². The van der Waals surface area contributed by atoms with Gasteiger partial charge in [0.05, 0.1) is 16.3 Å². The highest BCUT2D eigenvalue weighted by molar-refractivity contribution is 7.22. The summed E-state index contributed by atoms with van der Waals surface area (Å²) in [7, 11) is 0. The van der Waals surface area contributed by atoms with Gasteiger partial charge >= 0.3 is 0 Å². The van der Waals surface area contributed by atoms with Gasteiger partial charge in [-0.1, -0.05) is 11.3 Å². The van der Waals surface area contributed by atoms with E-state index in [1.54, 1.807) is 24.0 Å². The van der Waals surface area contributed by atoms with Crippen molar-refractivity contribution in [3.05, 3.63) is 47.4 Å². The molecule has 0 unspecified atom stereocenters. The van der Waals surface area contributed by atoms with Gasteiger partial charge in [0.15, 0.2) is 22.8 Å². The Hall–Kier alpha value is -3.05. The highest BCUT2D eigenvalue weighted by atomic mass is 32.1. The largest absolute Gasteiger partial charge is 0.618 e. The van der Waals surface area contributed by atoms with Gasteiger partial charge in [-0.2, -0.15) is 4.73 Å². The van der Waals surface area contributed by atoms with E-state index < -0.39 is 24.3 Å². The molecule has 1 aromatic carbocycles. The molecule has 8 nitrogen and oxygen atoms in total. The number of rotatable bonds is 4. The number of pyridine rings is 1. The van der Waals surface area contributed by atoms with E-state index in [0.29, 0.717) is 40.1 Å². The number of aromatic nitrogens is 2. The van der Waals surface area contributed by atoms with Gasteiger partial charge in [0.2, 0.25) is 11.6 Å². The zero-order valence-corrected chi connectivity index (χ0v) is 18.6. The quantitative estimate of drug-likeness (QED) is 0.460. The third kappa shape index (κ3) is 4.18. The van der Waals surface area contributed by atoms with Gasteiger partial charge < -0.3 is 20.0 Å². The standard InChI is InChI=1S/C22H22F2N4O4S/c1-13(27-7-5-22(23,24)14(12-27)16-4-2-3-6-28(16)30)20(29)26-21-25-15-10-17-18(11-19(15)33-21)32-9-8-31-17/h2-4,6,10-11,13-14H,5,7-9,12H2,1H3,(H,25,26,29)/t13-,14-/m0/s1. The number of alkyl halides is 2. The van der Waals surface area contributed by atoms with Gasteiger partial charge in [0.25, 0.3) is 5.92 Å². The molecule has 1 N–H and O–H groups in total. The molecule has 5 rings (SSSR count). The zero-order valence-electron chi connectivity index (χ0n) is 17.8. The van der Waals surface area contributed by atoms with Crippen LogP contribution in [0.25, 0.3) is 10.2 Å². The summed E-state index contributed by atoms with van der Waals surface area (Å²) in [5.41, 5.74) is 0.674. The monoisotopic (exact) mass is 476 g/mol. The molecule has 33 heavy (non-hydrogen) atoms. The molecule has 4 heterocycles. The number of ether oxygens (including phenoxy) is 2. The summed E-state index contributed by atoms with van der Waals surface area (Å²) < 4.78 is 41.8. The third-order valence-electron chi connectivity index (χ3n) is 6.08. The average molecular weight is 477 g/mol. The summed E-state index contributed by atoms with van der Waals surface area (Å²) in [5.74, 6) is -3.42. The maximum absolute atomic E-state index is 14.7. The number of nitrogens with one attached hydrogen (secondary N) is 1. The van der Waals surface area contributed by atoms with Crippen molar-refractivity contribution in [2.24, 2.45) is 0 Å². The van der Waals surface area contributed by atoms with Crippen LogP contribution in [-0.4, -0.2) is 54.1 Å². The number of fused-ring (bicyclic) bond motifs is 2. The van der Waals surface area contributed by atoms with E-state index in [0.717, 1.165) is 4.70 Å². The van der Waals surface area contributed by atoms with Crippen LogP contribution in [0.4, 0.5) is 13.9 Å². The number of anilines is 1. The van der Waals surface area contributed by atoms with Gasteiger partial charge in [-0.05, 0) is 13.0 Å². The highest BCUT2D eigenvalue weighted by Crippen LogP contribution is 2.40. The van der Waals surface area contributed by atoms with Crippen molar-refractivity contribution in [1.29, 1.82) is 0 Å². The maximum Gasteiger partial charge on any atom is 0.263 e. The Kier molecular flexibility index (Phi) is 5.53. The van der Waals surface area contributed by atoms with Crippen LogP contribution in [0.2, 0.25) is 0 Å². The lowest BCUT2D eigenvalue weighted by Gasteiger charge is -2.39. The van der Waals surface area contributed by atoms with Crippen LogP contribution in [0.15, 0.2) is 36.5 Å². The molecule has 2 aliphatic heterocycles. The number of carbonyl (C=O) groups excluding carboxylic acids is 1. The Balaban J connectivity index is 1.31. The van der Waals surface area contributed by atoms with E-state index in [1.165, 1.54) is 29.7 Å². The summed E-state index contributed by atoms with van der Waals surface area (Å²) >= 11 is 1.30. The molecule has 11 heteroatoms. The highest BCUT2D eigenvalue weighted by Gasteiger charge is 2.49. The summed E-state index contributed by atoms with van der Waals surface area (Å²) in [6.45, 7) is 2.55. The molecule has 2 aromatic heterocycles. The van der Waals surface area contributed by atoms with Gasteiger partial charge in [0, 0.05) is 43.8 Å². The number of hydrogen-bond donors (Lipinski definition) is 1. The smallest absolute Gasteiger partial charge is 0.263 e. The van der Waals surface area contributed by atoms with Gasteiger partial charge in [-0.15, -0.1) is 0 Å². The summed E-state index contributed by atoms with van der Waals surface area (Å²) in [6.07, 6.45) is 0.776. The first-order valence-electron chi connectivity index (χ1n) is 10.6. The first kappa shape index (κ1) is 21.8. The molecule has 2 aliphatic rings. The summed E-state index contributed by atoms with van der Waals surface area (Å²) in [5, 5.41) is 15.3. The SMILES string of the molecule is C[C@@H](C(=O)Nc1nc2cc3c(cc2s1)OCCO3)N1CCC(F)(F)[C@H](c2cccc[n+]2[O-])C1. The third-order valence-corrected chi connectivity index (χ3v) is 7.01. The Morgan fingerprint density at radius 1 is 1.33 bits per heavy atom. The van der Waals surface area contributed by atoms with E-state index in [1.807, 2.05) is 6.07 Å². The lowest BCUT2D eigenvalue weighted by atomic mass is 9.89. The number of carbonyl (C=O) groups is 1. The average Bonchev–Trinajstić information content (AvgIpc) is 3.18. The Morgan fingerprint density at radius 3 is 2.85 bits per heavy atom. The predicted octanol–water partition coefficient (Wildman–Crippen LogP) is 3.15. The van der Waals surface area contributed by atoms with Gasteiger partial charge in [0.1, 0.15) is 19.1 Å². The minimum absolute atomic E-state index is 0.000569. The molecule has 0 spiro atoms. The number of piperidine rings is 1. The molecule has 174 valence electrons. The molecule has 0 radical (unpaired) electrons. The fraction of sp³-hybridized carbons (Fsp3) is 0.409. The van der Waals surface area contributed by atoms with Crippen LogP contribution >= 0.6 is 11.3 Å². The minimum atomic E-state index is -3.03. The van der Waals surface area contributed by atoms with Crippen molar-refractivity contribution in [3.63, 3.8) is 0 Å². The zero-order chi connectivity index (χ0) is 23.2. The molecule has 0 bridgehead atoms. The molecule has 3 aromatic rings. The number of benzene rings is 1. The van der Waals surface area contributed by atoms with Gasteiger partial charge in [-0.3, -0.25) is 9.69 Å². The fourth-order valence-electron chi connectivity index (χ4n) is 4.19. The van der Waals surface area contributed by atoms with Crippen molar-refractivity contribution in [3.8, 4) is 11.5 Å². The van der Waals surface area contributed by atoms with Crippen LogP contribution in [0.5, 0.6) is 11.5 Å². The molecule has 0 aliphatic carbocycles. The van der Waals surface area contributed by atoms with E-state index in [-0.39, 0.29) is 24.7 Å². The van der Waals surface area contributed by atoms with Crippen LogP contribution in [0.3, 0.4) is 0 Å². The van der Waals surface area contributed by atoms with E-state index in [2.05, 4.69) is 10.3 Å². The molecular formula is C22H22F2N4O4S. The van der Waals surface area contributed by atoms with E-state index in [9.17, 15) is 18.8 Å². The number of likely N-dealkylation sites (tertiary alicyclic amines) is 1. The molecule has 1 fully saturated rings. The van der Waals surface area contributed by atoms with E-state index >= 15 is 0 Å². The second-order valence-electron chi connectivity index (χ2n) is 8.16. The Labute approximate surface area is 192 Å². The Morgan fingerprint density at radius 2 is 2.09 bits per heavy atom. The summed E-state index contributed by atoms with van der Waals surface area (Å²) in [4.78, 5) is 19.1. The predicted molar refractivity (Wildman–Crippen MR) is 118 cm³/mol. The van der Waals surface area contributed by atoms with Crippen molar-refractivity contribution in [2.75, 3.05) is 31.6 Å². The Bertz CT molecular complexity index is 1160. The van der Waals surface area contributed by atoms with Crippen LogP contribution in [-0.2, 0) is 4.79 Å². The van der Waals surface area contributed by atoms with Crippen molar-refractivity contribution in [1.82, 2.24) is 9.88 Å². The summed E-state index contributed by atoms with van der Waals surface area (Å²) in [6, 6.07) is 7.39. The maximum atomic E-state index is 14.7. The molecule has 1 amide bonds. The second-order valence-corrected chi connectivity index (χ2v) is 9.19. The van der Waals surface area contributed by atoms with Crippen LogP contribution in [0.1, 0.15) is 25.0 Å². The normalized spacial score (nSPS) is 21.0. The topological polar surface area (TPSA) is 90.6 Å². The first-order valence-corrected chi connectivity index (χ1v) is 11.4. The minimum Gasteiger partial charge on any atom is -0.618 e.